The van der Waals surface area contributed by atoms with Crippen LogP contribution < -0.4 is 5.32 Å². The fourth-order valence-corrected chi connectivity index (χ4v) is 3.37. The number of aromatic nitrogens is 8. The number of aryl methyl sites for hydroxylation is 2. The minimum absolute atomic E-state index is 0.179. The average molecular weight is 401 g/mol. The number of nitrogens with zero attached hydrogens (tertiary/aromatic N) is 8. The Kier molecular flexibility index (Phi) is 4.25. The highest BCUT2D eigenvalue weighted by Crippen LogP contribution is 2.28. The van der Waals surface area contributed by atoms with E-state index in [9.17, 15) is 5.11 Å². The number of benzene rings is 1. The summed E-state index contributed by atoms with van der Waals surface area (Å²) in [6, 6.07) is 13.8. The summed E-state index contributed by atoms with van der Waals surface area (Å²) in [5, 5.41) is 30.7. The van der Waals surface area contributed by atoms with E-state index in [0.717, 1.165) is 28.1 Å². The predicted octanol–water partition coefficient (Wildman–Crippen LogP) is 2.19. The molecule has 0 radical (unpaired) electrons. The molecule has 5 aromatic rings. The van der Waals surface area contributed by atoms with Crippen LogP contribution in [0.1, 0.15) is 5.69 Å². The molecule has 4 heterocycles. The minimum Gasteiger partial charge on any atom is -0.390 e. The van der Waals surface area contributed by atoms with Crippen LogP contribution in [-0.2, 0) is 20.7 Å². The van der Waals surface area contributed by atoms with Crippen molar-refractivity contribution in [2.75, 3.05) is 5.32 Å². The third-order valence-corrected chi connectivity index (χ3v) is 4.90. The Hall–Kier alpha value is -4.05. The van der Waals surface area contributed by atoms with Gasteiger partial charge in [0.05, 0.1) is 41.5 Å². The zero-order valence-electron chi connectivity index (χ0n) is 16.4. The molecule has 4 aromatic heterocycles. The summed E-state index contributed by atoms with van der Waals surface area (Å²) in [5.41, 5.74) is 3.88. The van der Waals surface area contributed by atoms with Crippen LogP contribution in [0.15, 0.2) is 54.9 Å². The maximum atomic E-state index is 9.63. The van der Waals surface area contributed by atoms with Crippen molar-refractivity contribution in [3.8, 4) is 16.9 Å². The maximum absolute atomic E-state index is 9.63. The van der Waals surface area contributed by atoms with Crippen LogP contribution in [0.3, 0.4) is 0 Å². The van der Waals surface area contributed by atoms with Gasteiger partial charge in [-0.3, -0.25) is 9.36 Å². The predicted molar refractivity (Wildman–Crippen MR) is 111 cm³/mol. The summed E-state index contributed by atoms with van der Waals surface area (Å²) in [4.78, 5) is 4.70. The number of rotatable bonds is 5. The smallest absolute Gasteiger partial charge is 0.162 e. The van der Waals surface area contributed by atoms with Crippen LogP contribution >= 0.6 is 0 Å². The van der Waals surface area contributed by atoms with E-state index in [1.54, 1.807) is 20.2 Å². The normalized spacial score (nSPS) is 11.3. The molecule has 5 rings (SSSR count). The second kappa shape index (κ2) is 7.08. The summed E-state index contributed by atoms with van der Waals surface area (Å²) in [7, 11) is 3.70. The van der Waals surface area contributed by atoms with Crippen LogP contribution in [0.25, 0.3) is 28.0 Å². The Morgan fingerprint density at radius 2 is 1.87 bits per heavy atom. The molecule has 10 heteroatoms. The van der Waals surface area contributed by atoms with Crippen LogP contribution in [0, 0.1) is 0 Å². The van der Waals surface area contributed by atoms with Crippen molar-refractivity contribution in [3.05, 3.63) is 60.6 Å². The third kappa shape index (κ3) is 2.99. The van der Waals surface area contributed by atoms with Gasteiger partial charge in [-0.25, -0.2) is 9.67 Å². The molecule has 0 atom stereocenters. The Balaban J connectivity index is 1.59. The third-order valence-electron chi connectivity index (χ3n) is 4.90. The van der Waals surface area contributed by atoms with E-state index in [2.05, 4.69) is 25.8 Å². The molecule has 0 aliphatic heterocycles. The molecule has 0 fully saturated rings. The molecule has 0 spiro atoms. The van der Waals surface area contributed by atoms with Crippen molar-refractivity contribution in [1.29, 1.82) is 0 Å². The highest BCUT2D eigenvalue weighted by atomic mass is 16.3. The van der Waals surface area contributed by atoms with E-state index < -0.39 is 0 Å². The molecule has 0 saturated heterocycles. The standard InChI is InChI=1S/C20H19N9O/c1-27-19(8-16(25-27)13-6-4-3-5-7-13)23-18-9-17(29-14(12-30)10-21-26-29)15-11-22-28(2)20(15)24-18/h3-11,30H,12H2,1-2H3,(H,23,24). The van der Waals surface area contributed by atoms with E-state index in [1.807, 2.05) is 56.6 Å². The van der Waals surface area contributed by atoms with Gasteiger partial charge in [-0.15, -0.1) is 5.10 Å². The summed E-state index contributed by atoms with van der Waals surface area (Å²) in [5.74, 6) is 1.39. The van der Waals surface area contributed by atoms with Gasteiger partial charge in [0.2, 0.25) is 0 Å². The molecule has 0 amide bonds. The Morgan fingerprint density at radius 1 is 1.03 bits per heavy atom. The monoisotopic (exact) mass is 401 g/mol. The largest absolute Gasteiger partial charge is 0.390 e. The summed E-state index contributed by atoms with van der Waals surface area (Å²) in [6.45, 7) is -0.179. The maximum Gasteiger partial charge on any atom is 0.162 e. The molecule has 0 aliphatic rings. The van der Waals surface area contributed by atoms with Gasteiger partial charge in [0.15, 0.2) is 5.65 Å². The molecular weight excluding hydrogens is 382 g/mol. The van der Waals surface area contributed by atoms with Crippen molar-refractivity contribution in [2.24, 2.45) is 14.1 Å². The molecular formula is C20H19N9O. The zero-order chi connectivity index (χ0) is 20.7. The van der Waals surface area contributed by atoms with E-state index in [1.165, 1.54) is 6.20 Å². The Labute approximate surface area is 171 Å². The van der Waals surface area contributed by atoms with Gasteiger partial charge < -0.3 is 10.4 Å². The zero-order valence-corrected chi connectivity index (χ0v) is 16.4. The molecule has 2 N–H and O–H groups in total. The first-order valence-electron chi connectivity index (χ1n) is 9.34. The highest BCUT2D eigenvalue weighted by Gasteiger charge is 2.16. The Bertz CT molecular complexity index is 1330. The van der Waals surface area contributed by atoms with Gasteiger partial charge in [-0.1, -0.05) is 35.5 Å². The molecule has 30 heavy (non-hydrogen) atoms. The van der Waals surface area contributed by atoms with E-state index in [0.29, 0.717) is 17.2 Å². The number of aliphatic hydroxyl groups is 1. The fraction of sp³-hybridized carbons (Fsp3) is 0.150. The first-order chi connectivity index (χ1) is 14.6. The molecule has 0 saturated carbocycles. The number of fused-ring (bicyclic) bond motifs is 1. The lowest BCUT2D eigenvalue weighted by Gasteiger charge is -2.10. The van der Waals surface area contributed by atoms with Gasteiger partial charge in [-0.05, 0) is 0 Å². The van der Waals surface area contributed by atoms with Gasteiger partial charge in [-0.2, -0.15) is 10.2 Å². The first kappa shape index (κ1) is 18.0. The molecule has 150 valence electrons. The van der Waals surface area contributed by atoms with Gasteiger partial charge >= 0.3 is 0 Å². The lowest BCUT2D eigenvalue weighted by Crippen LogP contribution is -2.07. The van der Waals surface area contributed by atoms with Crippen molar-refractivity contribution < 1.29 is 5.11 Å². The van der Waals surface area contributed by atoms with Crippen LogP contribution in [0.5, 0.6) is 0 Å². The molecule has 0 aliphatic carbocycles. The van der Waals surface area contributed by atoms with Crippen molar-refractivity contribution >= 4 is 22.7 Å². The fourth-order valence-electron chi connectivity index (χ4n) is 3.37. The molecule has 10 nitrogen and oxygen atoms in total. The number of nitrogens with one attached hydrogen (secondary N) is 1. The number of hydrogen-bond donors (Lipinski definition) is 2. The number of aliphatic hydroxyl groups excluding tert-OH is 1. The number of hydrogen-bond acceptors (Lipinski definition) is 7. The van der Waals surface area contributed by atoms with Crippen LogP contribution in [-0.4, -0.2) is 44.6 Å². The van der Waals surface area contributed by atoms with Crippen molar-refractivity contribution in [1.82, 2.24) is 39.5 Å². The number of pyridine rings is 1. The van der Waals surface area contributed by atoms with E-state index in [-0.39, 0.29) is 6.61 Å². The van der Waals surface area contributed by atoms with Gasteiger partial charge in [0.25, 0.3) is 0 Å². The van der Waals surface area contributed by atoms with E-state index >= 15 is 0 Å². The summed E-state index contributed by atoms with van der Waals surface area (Å²) >= 11 is 0. The molecule has 1 aromatic carbocycles. The van der Waals surface area contributed by atoms with Crippen LogP contribution in [0.2, 0.25) is 0 Å². The van der Waals surface area contributed by atoms with Crippen LogP contribution in [0.4, 0.5) is 11.6 Å². The lowest BCUT2D eigenvalue weighted by atomic mass is 10.1. The lowest BCUT2D eigenvalue weighted by molar-refractivity contribution is 0.273. The SMILES string of the molecule is Cn1nc(-c2ccccc2)cc1Nc1cc(-n2nncc2CO)c2cnn(C)c2n1. The van der Waals surface area contributed by atoms with E-state index in [4.69, 9.17) is 4.98 Å². The minimum atomic E-state index is -0.179. The van der Waals surface area contributed by atoms with Gasteiger partial charge in [0, 0.05) is 31.8 Å². The first-order valence-corrected chi connectivity index (χ1v) is 9.34. The molecule has 0 unspecified atom stereocenters. The second-order valence-electron chi connectivity index (χ2n) is 6.86. The quantitative estimate of drug-likeness (QED) is 0.464. The average Bonchev–Trinajstić information content (AvgIpc) is 3.48. The molecule has 0 bridgehead atoms. The second-order valence-corrected chi connectivity index (χ2v) is 6.86. The Morgan fingerprint density at radius 3 is 2.67 bits per heavy atom. The van der Waals surface area contributed by atoms with Gasteiger partial charge in [0.1, 0.15) is 11.6 Å². The highest BCUT2D eigenvalue weighted by molar-refractivity contribution is 5.87. The van der Waals surface area contributed by atoms with Crippen molar-refractivity contribution in [2.45, 2.75) is 6.61 Å². The topological polar surface area (TPSA) is 112 Å². The summed E-state index contributed by atoms with van der Waals surface area (Å²) < 4.78 is 5.06. The number of anilines is 2. The van der Waals surface area contributed by atoms with Crippen molar-refractivity contribution in [3.63, 3.8) is 0 Å². The summed E-state index contributed by atoms with van der Waals surface area (Å²) in [6.07, 6.45) is 3.25.